The fourth-order valence-electron chi connectivity index (χ4n) is 1.45. The van der Waals surface area contributed by atoms with Crippen molar-refractivity contribution in [1.29, 1.82) is 0 Å². The van der Waals surface area contributed by atoms with Crippen LogP contribution < -0.4 is 0 Å². The number of carbonyl (C=O) groups excluding carboxylic acids is 1. The van der Waals surface area contributed by atoms with Crippen LogP contribution in [0.4, 0.5) is 4.79 Å². The van der Waals surface area contributed by atoms with Crippen LogP contribution in [0.5, 0.6) is 0 Å². The molecule has 7 nitrogen and oxygen atoms in total. The van der Waals surface area contributed by atoms with Crippen molar-refractivity contribution in [3.05, 3.63) is 0 Å². The first-order valence-electron chi connectivity index (χ1n) is 8.18. The van der Waals surface area contributed by atoms with E-state index in [0.717, 1.165) is 11.0 Å². The van der Waals surface area contributed by atoms with E-state index >= 15 is 0 Å². The fourth-order valence-corrected chi connectivity index (χ4v) is 1.76. The van der Waals surface area contributed by atoms with Crippen LogP contribution in [0.15, 0.2) is 0 Å². The Bertz CT molecular complexity index is 311. The molecule has 0 radical (unpaired) electrons. The maximum Gasteiger partial charge on any atom is 0.410 e. The van der Waals surface area contributed by atoms with Crippen molar-refractivity contribution < 1.29 is 28.5 Å². The Morgan fingerprint density at radius 3 is 1.67 bits per heavy atom. The van der Waals surface area contributed by atoms with Crippen LogP contribution in [-0.4, -0.2) is 87.5 Å². The number of ether oxygens (including phenoxy) is 5. The first-order valence-corrected chi connectivity index (χ1v) is 9.70. The van der Waals surface area contributed by atoms with E-state index in [2.05, 4.69) is 22.6 Å². The summed E-state index contributed by atoms with van der Waals surface area (Å²) in [6.07, 6.45) is -0.345. The van der Waals surface area contributed by atoms with Gasteiger partial charge in [0, 0.05) is 18.0 Å². The van der Waals surface area contributed by atoms with Gasteiger partial charge in [-0.2, -0.15) is 0 Å². The lowest BCUT2D eigenvalue weighted by Crippen LogP contribution is -2.36. The van der Waals surface area contributed by atoms with Crippen molar-refractivity contribution in [1.82, 2.24) is 4.90 Å². The first-order chi connectivity index (χ1) is 11.4. The van der Waals surface area contributed by atoms with Crippen LogP contribution in [0.1, 0.15) is 20.8 Å². The van der Waals surface area contributed by atoms with Crippen molar-refractivity contribution in [2.24, 2.45) is 0 Å². The third-order valence-electron chi connectivity index (χ3n) is 2.61. The van der Waals surface area contributed by atoms with Crippen molar-refractivity contribution in [3.63, 3.8) is 0 Å². The Balaban J connectivity index is 3.32. The summed E-state index contributed by atoms with van der Waals surface area (Å²) < 4.78 is 27.7. The molecule has 0 aromatic rings. The Morgan fingerprint density at radius 1 is 0.833 bits per heavy atom. The van der Waals surface area contributed by atoms with Crippen molar-refractivity contribution in [2.45, 2.75) is 26.4 Å². The zero-order chi connectivity index (χ0) is 18.3. The van der Waals surface area contributed by atoms with Gasteiger partial charge in [-0.1, -0.05) is 22.6 Å². The van der Waals surface area contributed by atoms with Crippen LogP contribution in [0.2, 0.25) is 0 Å². The number of alkyl halides is 1. The van der Waals surface area contributed by atoms with E-state index in [1.165, 1.54) is 4.90 Å². The maximum atomic E-state index is 11.7. The Morgan fingerprint density at radius 2 is 1.25 bits per heavy atom. The third-order valence-corrected chi connectivity index (χ3v) is 3.05. The molecule has 0 atom stereocenters. The second-order valence-electron chi connectivity index (χ2n) is 6.04. The summed E-state index contributed by atoms with van der Waals surface area (Å²) in [4.78, 5) is 13.2. The lowest BCUT2D eigenvalue weighted by Gasteiger charge is -2.24. The lowest BCUT2D eigenvalue weighted by atomic mass is 10.2. The smallest absolute Gasteiger partial charge is 0.410 e. The van der Waals surface area contributed by atoms with Gasteiger partial charge in [0.25, 0.3) is 0 Å². The Labute approximate surface area is 159 Å². The molecule has 0 aliphatic carbocycles. The molecular formula is C16H32INO6. The molecule has 0 aromatic heterocycles. The highest BCUT2D eigenvalue weighted by Crippen LogP contribution is 2.08. The minimum atomic E-state index is -0.482. The molecule has 144 valence electrons. The minimum absolute atomic E-state index is 0.345. The molecule has 0 aliphatic rings. The Hall–Kier alpha value is -0.160. The van der Waals surface area contributed by atoms with Gasteiger partial charge in [0.05, 0.1) is 52.9 Å². The van der Waals surface area contributed by atoms with Crippen LogP contribution in [0.3, 0.4) is 0 Å². The lowest BCUT2D eigenvalue weighted by molar-refractivity contribution is -0.00440. The van der Waals surface area contributed by atoms with Crippen LogP contribution in [0, 0.1) is 0 Å². The van der Waals surface area contributed by atoms with Gasteiger partial charge in [0.1, 0.15) is 5.60 Å². The zero-order valence-electron chi connectivity index (χ0n) is 15.3. The van der Waals surface area contributed by atoms with Crippen LogP contribution >= 0.6 is 22.6 Å². The van der Waals surface area contributed by atoms with Gasteiger partial charge in [0.15, 0.2) is 0 Å². The standard InChI is InChI=1S/C16H32INO6/c1-16(2,3)24-15(19)18(4)6-8-21-10-12-23-14-13-22-11-9-20-7-5-17/h5-14H2,1-4H3. The molecule has 24 heavy (non-hydrogen) atoms. The van der Waals surface area contributed by atoms with E-state index in [-0.39, 0.29) is 6.09 Å². The summed E-state index contributed by atoms with van der Waals surface area (Å²) >= 11 is 2.27. The van der Waals surface area contributed by atoms with Gasteiger partial charge in [-0.25, -0.2) is 4.79 Å². The number of hydrogen-bond acceptors (Lipinski definition) is 6. The normalized spacial score (nSPS) is 11.5. The number of hydrogen-bond donors (Lipinski definition) is 0. The van der Waals surface area contributed by atoms with Crippen LogP contribution in [-0.2, 0) is 23.7 Å². The predicted octanol–water partition coefficient (Wildman–Crippen LogP) is 2.35. The summed E-state index contributed by atoms with van der Waals surface area (Å²) in [6.45, 7) is 10.5. The number of likely N-dealkylation sites (N-methyl/N-ethyl adjacent to an activating group) is 1. The summed E-state index contributed by atoms with van der Waals surface area (Å²) in [5.74, 6) is 0. The molecule has 1 amide bonds. The average molecular weight is 461 g/mol. The third kappa shape index (κ3) is 16.7. The maximum absolute atomic E-state index is 11.7. The van der Waals surface area contributed by atoms with E-state index in [1.54, 1.807) is 7.05 Å². The minimum Gasteiger partial charge on any atom is -0.444 e. The number of amides is 1. The van der Waals surface area contributed by atoms with E-state index in [1.807, 2.05) is 20.8 Å². The van der Waals surface area contributed by atoms with E-state index in [9.17, 15) is 4.79 Å². The van der Waals surface area contributed by atoms with Crippen molar-refractivity contribution in [3.8, 4) is 0 Å². The molecule has 0 N–H and O–H groups in total. The molecule has 0 aliphatic heterocycles. The average Bonchev–Trinajstić information content (AvgIpc) is 2.50. The molecule has 0 saturated heterocycles. The van der Waals surface area contributed by atoms with Gasteiger partial charge in [0.2, 0.25) is 0 Å². The van der Waals surface area contributed by atoms with Crippen molar-refractivity contribution >= 4 is 28.7 Å². The first kappa shape index (κ1) is 23.8. The van der Waals surface area contributed by atoms with E-state index in [4.69, 9.17) is 23.7 Å². The molecule has 0 unspecified atom stereocenters. The fraction of sp³-hybridized carbons (Fsp3) is 0.938. The highest BCUT2D eigenvalue weighted by molar-refractivity contribution is 14.1. The van der Waals surface area contributed by atoms with Gasteiger partial charge < -0.3 is 28.6 Å². The van der Waals surface area contributed by atoms with E-state index < -0.39 is 5.60 Å². The Kier molecular flexibility index (Phi) is 15.0. The second-order valence-corrected chi connectivity index (χ2v) is 7.12. The highest BCUT2D eigenvalue weighted by atomic mass is 127. The van der Waals surface area contributed by atoms with Gasteiger partial charge in [-0.3, -0.25) is 0 Å². The number of carbonyl (C=O) groups is 1. The monoisotopic (exact) mass is 461 g/mol. The van der Waals surface area contributed by atoms with Gasteiger partial charge in [-0.15, -0.1) is 0 Å². The SMILES string of the molecule is CN(CCOCCOCCOCCOCCI)C(=O)OC(C)(C)C. The highest BCUT2D eigenvalue weighted by Gasteiger charge is 2.19. The predicted molar refractivity (Wildman–Crippen MR) is 101 cm³/mol. The molecule has 0 aromatic carbocycles. The van der Waals surface area contributed by atoms with Gasteiger partial charge >= 0.3 is 6.09 Å². The van der Waals surface area contributed by atoms with E-state index in [0.29, 0.717) is 52.8 Å². The number of rotatable bonds is 14. The summed E-state index contributed by atoms with van der Waals surface area (Å²) in [6, 6.07) is 0. The zero-order valence-corrected chi connectivity index (χ0v) is 17.5. The summed E-state index contributed by atoms with van der Waals surface area (Å²) in [5, 5.41) is 0. The molecule has 0 heterocycles. The molecule has 0 rings (SSSR count). The molecule has 0 fully saturated rings. The molecule has 8 heteroatoms. The van der Waals surface area contributed by atoms with Gasteiger partial charge in [-0.05, 0) is 20.8 Å². The quantitative estimate of drug-likeness (QED) is 0.225. The largest absolute Gasteiger partial charge is 0.444 e. The molecule has 0 bridgehead atoms. The topological polar surface area (TPSA) is 66.5 Å². The second kappa shape index (κ2) is 15.1. The van der Waals surface area contributed by atoms with Crippen molar-refractivity contribution in [2.75, 3.05) is 70.9 Å². The number of nitrogens with zero attached hydrogens (tertiary/aromatic N) is 1. The van der Waals surface area contributed by atoms with Crippen LogP contribution in [0.25, 0.3) is 0 Å². The molecular weight excluding hydrogens is 429 g/mol. The number of halogens is 1. The summed E-state index contributed by atoms with van der Waals surface area (Å²) in [7, 11) is 1.69. The molecule has 0 spiro atoms. The summed E-state index contributed by atoms with van der Waals surface area (Å²) in [5.41, 5.74) is -0.482. The molecule has 0 saturated carbocycles.